The van der Waals surface area contributed by atoms with Crippen LogP contribution in [0.2, 0.25) is 0 Å². The zero-order chi connectivity index (χ0) is 14.8. The number of thiocarbonyl (C=S) groups is 1. The Balaban J connectivity index is 1.88. The molecule has 0 amide bonds. The van der Waals surface area contributed by atoms with Crippen LogP contribution in [0.25, 0.3) is 0 Å². The quantitative estimate of drug-likeness (QED) is 0.674. The van der Waals surface area contributed by atoms with Gasteiger partial charge in [-0.25, -0.2) is 0 Å². The molecular weight excluding hydrogens is 278 g/mol. The maximum Gasteiger partial charge on any atom is 0.170 e. The third-order valence-electron chi connectivity index (χ3n) is 3.59. The molecule has 0 saturated heterocycles. The van der Waals surface area contributed by atoms with Gasteiger partial charge in [0, 0.05) is 18.3 Å². The molecule has 2 nitrogen and oxygen atoms in total. The maximum atomic E-state index is 12.2. The first-order chi connectivity index (χ1) is 10.1. The van der Waals surface area contributed by atoms with Crippen LogP contribution in [0.3, 0.4) is 0 Å². The van der Waals surface area contributed by atoms with Crippen molar-refractivity contribution in [2.24, 2.45) is 0 Å². The lowest BCUT2D eigenvalue weighted by molar-refractivity contribution is -0.114. The van der Waals surface area contributed by atoms with Crippen molar-refractivity contribution < 1.29 is 4.79 Å². The van der Waals surface area contributed by atoms with Gasteiger partial charge >= 0.3 is 0 Å². The molecular formula is C18H15NOS. The summed E-state index contributed by atoms with van der Waals surface area (Å²) < 4.78 is 0. The Labute approximate surface area is 129 Å². The summed E-state index contributed by atoms with van der Waals surface area (Å²) in [6, 6.07) is 15.8. The van der Waals surface area contributed by atoms with E-state index in [1.54, 1.807) is 6.20 Å². The van der Waals surface area contributed by atoms with Gasteiger partial charge < -0.3 is 5.32 Å². The summed E-state index contributed by atoms with van der Waals surface area (Å²) in [6.45, 7) is 2.04. The minimum atomic E-state index is 0.0679. The second kappa shape index (κ2) is 5.62. The molecule has 104 valence electrons. The van der Waals surface area contributed by atoms with Crippen LogP contribution >= 0.6 is 12.2 Å². The number of carbonyl (C=O) groups excluding carboxylic acids is 1. The topological polar surface area (TPSA) is 29.1 Å². The Hall–Kier alpha value is -2.26. The number of Topliss-reactive ketones (excluding diaryl/α,β-unsaturated/α-hetero) is 1. The van der Waals surface area contributed by atoms with Crippen molar-refractivity contribution in [1.82, 2.24) is 0 Å². The third kappa shape index (κ3) is 2.78. The van der Waals surface area contributed by atoms with Gasteiger partial charge in [0.25, 0.3) is 0 Å². The molecule has 1 aliphatic carbocycles. The molecule has 0 aromatic heterocycles. The summed E-state index contributed by atoms with van der Waals surface area (Å²) in [5.41, 5.74) is 4.74. The lowest BCUT2D eigenvalue weighted by Crippen LogP contribution is -2.23. The van der Waals surface area contributed by atoms with E-state index in [2.05, 4.69) is 5.32 Å². The van der Waals surface area contributed by atoms with Crippen LogP contribution < -0.4 is 5.32 Å². The number of rotatable bonds is 2. The standard InChI is InChI=1S/C18H15NOS/c1-12-6-8-14(9-7-12)19-11-16-17(20)10-13-4-2-3-5-15(13)18(16)21/h2-9,11,19H,10H2,1H3/b16-11-. The molecule has 3 heteroatoms. The number of fused-ring (bicyclic) bond motifs is 1. The minimum Gasteiger partial charge on any atom is -0.361 e. The molecule has 0 unspecified atom stereocenters. The summed E-state index contributed by atoms with van der Waals surface area (Å²) in [7, 11) is 0. The van der Waals surface area contributed by atoms with Gasteiger partial charge in [-0.2, -0.15) is 0 Å². The van der Waals surface area contributed by atoms with E-state index in [0.717, 1.165) is 16.8 Å². The lowest BCUT2D eigenvalue weighted by Gasteiger charge is -2.18. The summed E-state index contributed by atoms with van der Waals surface area (Å²) in [4.78, 5) is 12.9. The van der Waals surface area contributed by atoms with Crippen molar-refractivity contribution >= 4 is 28.6 Å². The number of ketones is 1. The predicted octanol–water partition coefficient (Wildman–Crippen LogP) is 3.83. The number of anilines is 1. The number of nitrogens with one attached hydrogen (secondary N) is 1. The molecule has 21 heavy (non-hydrogen) atoms. The maximum absolute atomic E-state index is 12.2. The first-order valence-electron chi connectivity index (χ1n) is 6.84. The van der Waals surface area contributed by atoms with E-state index < -0.39 is 0 Å². The number of carbonyl (C=O) groups is 1. The summed E-state index contributed by atoms with van der Waals surface area (Å²) >= 11 is 5.47. The summed E-state index contributed by atoms with van der Waals surface area (Å²) in [6.07, 6.45) is 2.14. The first kappa shape index (κ1) is 13.7. The van der Waals surface area contributed by atoms with Gasteiger partial charge in [0.1, 0.15) is 0 Å². The number of benzene rings is 2. The monoisotopic (exact) mass is 293 g/mol. The van der Waals surface area contributed by atoms with E-state index in [-0.39, 0.29) is 5.78 Å². The highest BCUT2D eigenvalue weighted by Crippen LogP contribution is 2.23. The van der Waals surface area contributed by atoms with Gasteiger partial charge in [-0.1, -0.05) is 54.2 Å². The number of hydrogen-bond donors (Lipinski definition) is 1. The predicted molar refractivity (Wildman–Crippen MR) is 89.7 cm³/mol. The lowest BCUT2D eigenvalue weighted by atomic mass is 9.87. The van der Waals surface area contributed by atoms with Crippen LogP contribution in [0.15, 0.2) is 60.3 Å². The number of aryl methyl sites for hydroxylation is 1. The summed E-state index contributed by atoms with van der Waals surface area (Å²) in [5.74, 6) is 0.0679. The first-order valence-corrected chi connectivity index (χ1v) is 7.25. The largest absolute Gasteiger partial charge is 0.361 e. The molecule has 0 fully saturated rings. The van der Waals surface area contributed by atoms with E-state index in [1.165, 1.54) is 5.56 Å². The van der Waals surface area contributed by atoms with Crippen molar-refractivity contribution in [1.29, 1.82) is 0 Å². The van der Waals surface area contributed by atoms with Crippen LogP contribution in [0, 0.1) is 6.92 Å². The average Bonchev–Trinajstić information content (AvgIpc) is 2.49. The number of hydrogen-bond acceptors (Lipinski definition) is 3. The molecule has 2 aromatic carbocycles. The van der Waals surface area contributed by atoms with E-state index in [9.17, 15) is 4.79 Å². The molecule has 0 heterocycles. The van der Waals surface area contributed by atoms with Crippen molar-refractivity contribution in [2.45, 2.75) is 13.3 Å². The van der Waals surface area contributed by atoms with Gasteiger partial charge in [-0.05, 0) is 30.2 Å². The number of allylic oxidation sites excluding steroid dienone is 1. The zero-order valence-electron chi connectivity index (χ0n) is 11.7. The fourth-order valence-corrected chi connectivity index (χ4v) is 2.76. The Morgan fingerprint density at radius 2 is 1.81 bits per heavy atom. The van der Waals surface area contributed by atoms with E-state index in [4.69, 9.17) is 12.2 Å². The van der Waals surface area contributed by atoms with E-state index in [0.29, 0.717) is 16.9 Å². The molecule has 3 rings (SSSR count). The Bertz CT molecular complexity index is 744. The fraction of sp³-hybridized carbons (Fsp3) is 0.111. The highest BCUT2D eigenvalue weighted by atomic mass is 32.1. The van der Waals surface area contributed by atoms with Crippen molar-refractivity contribution in [3.63, 3.8) is 0 Å². The normalized spacial score (nSPS) is 16.0. The van der Waals surface area contributed by atoms with Gasteiger partial charge in [0.05, 0.1) is 10.4 Å². The average molecular weight is 293 g/mol. The van der Waals surface area contributed by atoms with Gasteiger partial charge in [-0.3, -0.25) is 4.79 Å². The van der Waals surface area contributed by atoms with E-state index >= 15 is 0 Å². The van der Waals surface area contributed by atoms with Crippen LogP contribution in [0.4, 0.5) is 5.69 Å². The van der Waals surface area contributed by atoms with Crippen LogP contribution in [0.5, 0.6) is 0 Å². The highest BCUT2D eigenvalue weighted by molar-refractivity contribution is 7.81. The highest BCUT2D eigenvalue weighted by Gasteiger charge is 2.24. The van der Waals surface area contributed by atoms with E-state index in [1.807, 2.05) is 55.5 Å². The van der Waals surface area contributed by atoms with Crippen LogP contribution in [-0.2, 0) is 11.2 Å². The van der Waals surface area contributed by atoms with Crippen molar-refractivity contribution in [2.75, 3.05) is 5.32 Å². The Morgan fingerprint density at radius 1 is 1.10 bits per heavy atom. The van der Waals surface area contributed by atoms with Gasteiger partial charge in [0.2, 0.25) is 0 Å². The third-order valence-corrected chi connectivity index (χ3v) is 4.03. The molecule has 1 N–H and O–H groups in total. The zero-order valence-corrected chi connectivity index (χ0v) is 12.5. The van der Waals surface area contributed by atoms with Crippen molar-refractivity contribution in [3.8, 4) is 0 Å². The molecule has 0 saturated carbocycles. The fourth-order valence-electron chi connectivity index (χ4n) is 2.39. The van der Waals surface area contributed by atoms with Gasteiger partial charge in [-0.15, -0.1) is 0 Å². The van der Waals surface area contributed by atoms with Crippen LogP contribution in [0.1, 0.15) is 16.7 Å². The smallest absolute Gasteiger partial charge is 0.170 e. The minimum absolute atomic E-state index is 0.0679. The van der Waals surface area contributed by atoms with Crippen LogP contribution in [-0.4, -0.2) is 10.6 Å². The molecule has 2 aromatic rings. The van der Waals surface area contributed by atoms with Gasteiger partial charge in [0.15, 0.2) is 5.78 Å². The molecule has 1 aliphatic rings. The molecule has 0 aliphatic heterocycles. The SMILES string of the molecule is Cc1ccc(N/C=C2/C(=O)Cc3ccccc3C2=S)cc1. The Kier molecular flexibility index (Phi) is 3.67. The Morgan fingerprint density at radius 3 is 2.57 bits per heavy atom. The second-order valence-electron chi connectivity index (χ2n) is 5.15. The molecule has 0 radical (unpaired) electrons. The molecule has 0 atom stereocenters. The molecule has 0 bridgehead atoms. The second-order valence-corrected chi connectivity index (χ2v) is 5.56. The van der Waals surface area contributed by atoms with Crippen molar-refractivity contribution in [3.05, 3.63) is 77.0 Å². The summed E-state index contributed by atoms with van der Waals surface area (Å²) in [5, 5.41) is 3.16. The molecule has 0 spiro atoms.